The van der Waals surface area contributed by atoms with Crippen LogP contribution in [0.2, 0.25) is 0 Å². The zero-order valence-corrected chi connectivity index (χ0v) is 13.5. The Balaban J connectivity index is 1.87. The van der Waals surface area contributed by atoms with Gasteiger partial charge in [0.25, 0.3) is 0 Å². The van der Waals surface area contributed by atoms with Crippen molar-refractivity contribution in [2.75, 3.05) is 17.2 Å². The van der Waals surface area contributed by atoms with E-state index in [4.69, 9.17) is 0 Å². The Labute approximate surface area is 132 Å². The molecule has 0 amide bonds. The minimum absolute atomic E-state index is 0.546. The fourth-order valence-corrected chi connectivity index (χ4v) is 2.58. The first kappa shape index (κ1) is 13.6. The summed E-state index contributed by atoms with van der Waals surface area (Å²) in [6.45, 7) is 2.94. The summed E-state index contributed by atoms with van der Waals surface area (Å²) in [4.78, 5) is 9.22. The molecular weight excluding hydrogens is 363 g/mol. The molecule has 20 heavy (non-hydrogen) atoms. The lowest BCUT2D eigenvalue weighted by molar-refractivity contribution is 0.927. The van der Waals surface area contributed by atoms with Crippen LogP contribution in [0.25, 0.3) is 0 Å². The van der Waals surface area contributed by atoms with Gasteiger partial charge in [-0.2, -0.15) is 0 Å². The first-order valence-electron chi connectivity index (χ1n) is 6.90. The zero-order chi connectivity index (χ0) is 13.9. The molecule has 1 fully saturated rings. The van der Waals surface area contributed by atoms with Gasteiger partial charge < -0.3 is 10.6 Å². The van der Waals surface area contributed by atoms with Gasteiger partial charge in [0.15, 0.2) is 0 Å². The van der Waals surface area contributed by atoms with Crippen molar-refractivity contribution in [3.8, 4) is 0 Å². The van der Waals surface area contributed by atoms with E-state index in [2.05, 4.69) is 62.2 Å². The Morgan fingerprint density at radius 3 is 2.70 bits per heavy atom. The van der Waals surface area contributed by atoms with Crippen molar-refractivity contribution < 1.29 is 0 Å². The summed E-state index contributed by atoms with van der Waals surface area (Å²) < 4.78 is 1.20. The lowest BCUT2D eigenvalue weighted by Crippen LogP contribution is -2.05. The predicted molar refractivity (Wildman–Crippen MR) is 90.6 cm³/mol. The van der Waals surface area contributed by atoms with E-state index in [1.165, 1.54) is 16.4 Å². The molecule has 1 aromatic heterocycles. The summed E-state index contributed by atoms with van der Waals surface area (Å²) in [5, 5.41) is 6.65. The molecule has 1 saturated carbocycles. The number of rotatable bonds is 5. The molecule has 0 spiro atoms. The van der Waals surface area contributed by atoms with Crippen LogP contribution in [0, 0.1) is 3.57 Å². The van der Waals surface area contributed by atoms with E-state index in [-0.39, 0.29) is 0 Å². The van der Waals surface area contributed by atoms with Crippen LogP contribution in [0.5, 0.6) is 0 Å². The van der Waals surface area contributed by atoms with Crippen LogP contribution in [-0.4, -0.2) is 16.5 Å². The Morgan fingerprint density at radius 1 is 1.20 bits per heavy atom. The molecule has 0 radical (unpaired) electrons. The lowest BCUT2D eigenvalue weighted by Gasteiger charge is -2.10. The van der Waals surface area contributed by atoms with Crippen LogP contribution in [0.1, 0.15) is 31.5 Å². The smallest absolute Gasteiger partial charge is 0.136 e. The molecule has 1 heterocycles. The monoisotopic (exact) mass is 380 g/mol. The quantitative estimate of drug-likeness (QED) is 0.766. The van der Waals surface area contributed by atoms with Crippen molar-refractivity contribution in [3.63, 3.8) is 0 Å². The molecule has 0 bridgehead atoms. The highest BCUT2D eigenvalue weighted by atomic mass is 127. The maximum Gasteiger partial charge on any atom is 0.136 e. The van der Waals surface area contributed by atoms with Crippen molar-refractivity contribution >= 4 is 39.9 Å². The Morgan fingerprint density at radius 2 is 2.00 bits per heavy atom. The van der Waals surface area contributed by atoms with E-state index in [1.54, 1.807) is 0 Å². The maximum atomic E-state index is 4.64. The summed E-state index contributed by atoms with van der Waals surface area (Å²) in [5.41, 5.74) is 1.06. The highest BCUT2D eigenvalue weighted by Crippen LogP contribution is 2.39. The molecule has 2 aromatic rings. The second kappa shape index (κ2) is 5.95. The first-order chi connectivity index (χ1) is 9.74. The molecular formula is C15H17IN4. The summed E-state index contributed by atoms with van der Waals surface area (Å²) in [6, 6.07) is 10.2. The SMILES string of the molecule is CCNc1cc(Nc2cccc(I)c2)nc(C2CC2)n1. The lowest BCUT2D eigenvalue weighted by atomic mass is 10.3. The van der Waals surface area contributed by atoms with Gasteiger partial charge in [-0.3, -0.25) is 0 Å². The largest absolute Gasteiger partial charge is 0.370 e. The third-order valence-corrected chi connectivity index (χ3v) is 3.81. The fourth-order valence-electron chi connectivity index (χ4n) is 2.04. The number of hydrogen-bond donors (Lipinski definition) is 2. The molecule has 4 nitrogen and oxygen atoms in total. The van der Waals surface area contributed by atoms with E-state index >= 15 is 0 Å². The molecule has 1 aliphatic carbocycles. The molecule has 1 aliphatic rings. The van der Waals surface area contributed by atoms with Gasteiger partial charge in [0, 0.05) is 27.8 Å². The highest BCUT2D eigenvalue weighted by molar-refractivity contribution is 14.1. The van der Waals surface area contributed by atoms with E-state index in [1.807, 2.05) is 18.2 Å². The van der Waals surface area contributed by atoms with Crippen LogP contribution in [0.3, 0.4) is 0 Å². The first-order valence-corrected chi connectivity index (χ1v) is 7.98. The van der Waals surface area contributed by atoms with Gasteiger partial charge in [0.2, 0.25) is 0 Å². The molecule has 104 valence electrons. The number of halogens is 1. The summed E-state index contributed by atoms with van der Waals surface area (Å²) in [6.07, 6.45) is 2.41. The van der Waals surface area contributed by atoms with Crippen molar-refractivity contribution in [1.82, 2.24) is 9.97 Å². The topological polar surface area (TPSA) is 49.8 Å². The number of aromatic nitrogens is 2. The molecule has 0 unspecified atom stereocenters. The van der Waals surface area contributed by atoms with Crippen LogP contribution in [0.15, 0.2) is 30.3 Å². The number of nitrogens with zero attached hydrogens (tertiary/aromatic N) is 2. The summed E-state index contributed by atoms with van der Waals surface area (Å²) in [7, 11) is 0. The van der Waals surface area contributed by atoms with Gasteiger partial charge in [-0.25, -0.2) is 9.97 Å². The maximum absolute atomic E-state index is 4.64. The molecule has 0 aliphatic heterocycles. The second-order valence-corrected chi connectivity index (χ2v) is 6.18. The van der Waals surface area contributed by atoms with Crippen molar-refractivity contribution in [3.05, 3.63) is 39.7 Å². The number of anilines is 3. The molecule has 2 N–H and O–H groups in total. The molecule has 3 rings (SSSR count). The Hall–Kier alpha value is -1.37. The number of nitrogens with one attached hydrogen (secondary N) is 2. The van der Waals surface area contributed by atoms with Crippen molar-refractivity contribution in [2.45, 2.75) is 25.7 Å². The van der Waals surface area contributed by atoms with Crippen LogP contribution in [-0.2, 0) is 0 Å². The molecule has 1 aromatic carbocycles. The van der Waals surface area contributed by atoms with Gasteiger partial charge in [-0.1, -0.05) is 6.07 Å². The van der Waals surface area contributed by atoms with Gasteiger partial charge in [-0.05, 0) is 60.6 Å². The standard InChI is InChI=1S/C15H17IN4/c1-2-17-13-9-14(20-15(19-13)10-6-7-10)18-12-5-3-4-11(16)8-12/h3-5,8-10H,2,6-7H2,1H3,(H2,17,18,19,20). The molecule has 0 atom stereocenters. The van der Waals surface area contributed by atoms with Crippen LogP contribution >= 0.6 is 22.6 Å². The minimum atomic E-state index is 0.546. The van der Waals surface area contributed by atoms with Gasteiger partial charge in [-0.15, -0.1) is 0 Å². The van der Waals surface area contributed by atoms with Crippen LogP contribution < -0.4 is 10.6 Å². The highest BCUT2D eigenvalue weighted by Gasteiger charge is 2.27. The normalized spacial score (nSPS) is 14.1. The second-order valence-electron chi connectivity index (χ2n) is 4.94. The predicted octanol–water partition coefficient (Wildman–Crippen LogP) is 4.13. The van der Waals surface area contributed by atoms with Crippen molar-refractivity contribution in [2.24, 2.45) is 0 Å². The van der Waals surface area contributed by atoms with Gasteiger partial charge in [0.05, 0.1) is 0 Å². The zero-order valence-electron chi connectivity index (χ0n) is 11.4. The Kier molecular flexibility index (Phi) is 4.05. The Bertz CT molecular complexity index is 611. The summed E-state index contributed by atoms with van der Waals surface area (Å²) in [5.74, 6) is 3.26. The number of benzene rings is 1. The van der Waals surface area contributed by atoms with E-state index in [0.29, 0.717) is 5.92 Å². The third-order valence-electron chi connectivity index (χ3n) is 3.14. The molecule has 0 saturated heterocycles. The molecule has 5 heteroatoms. The average molecular weight is 380 g/mol. The average Bonchev–Trinajstić information content (AvgIpc) is 3.23. The fraction of sp³-hybridized carbons (Fsp3) is 0.333. The van der Waals surface area contributed by atoms with Gasteiger partial charge in [0.1, 0.15) is 17.5 Å². The number of hydrogen-bond acceptors (Lipinski definition) is 4. The third kappa shape index (κ3) is 3.39. The summed E-state index contributed by atoms with van der Waals surface area (Å²) >= 11 is 2.31. The van der Waals surface area contributed by atoms with E-state index in [9.17, 15) is 0 Å². The van der Waals surface area contributed by atoms with Crippen molar-refractivity contribution in [1.29, 1.82) is 0 Å². The minimum Gasteiger partial charge on any atom is -0.370 e. The van der Waals surface area contributed by atoms with E-state index in [0.717, 1.165) is 29.7 Å². The van der Waals surface area contributed by atoms with E-state index < -0.39 is 0 Å². The van der Waals surface area contributed by atoms with Crippen LogP contribution in [0.4, 0.5) is 17.3 Å². The van der Waals surface area contributed by atoms with Gasteiger partial charge >= 0.3 is 0 Å².